The molecule has 0 aliphatic rings. The number of carboxylic acids is 1. The number of halogens is 1. The van der Waals surface area contributed by atoms with Crippen LogP contribution in [0.4, 0.5) is 0 Å². The Balaban J connectivity index is 2.30. The summed E-state index contributed by atoms with van der Waals surface area (Å²) in [5.41, 5.74) is 0. The van der Waals surface area contributed by atoms with E-state index >= 15 is 0 Å². The molecular weight excluding hydrogens is 220 g/mol. The normalized spacial score (nSPS) is 12.4. The van der Waals surface area contributed by atoms with Crippen LogP contribution in [0.5, 0.6) is 0 Å². The quantitative estimate of drug-likeness (QED) is 0.624. The second-order valence-electron chi connectivity index (χ2n) is 2.82. The molecule has 2 nitrogen and oxygen atoms in total. The first-order chi connectivity index (χ1) is 6.68. The van der Waals surface area contributed by atoms with Gasteiger partial charge in [-0.25, -0.2) is 0 Å². The van der Waals surface area contributed by atoms with Gasteiger partial charge in [0.1, 0.15) is 0 Å². The van der Waals surface area contributed by atoms with Crippen molar-refractivity contribution in [2.45, 2.75) is 16.7 Å². The lowest BCUT2D eigenvalue weighted by Gasteiger charge is -2.05. The molecule has 0 aromatic heterocycles. The van der Waals surface area contributed by atoms with E-state index in [4.69, 9.17) is 16.7 Å². The molecule has 1 N–H and O–H groups in total. The fraction of sp³-hybridized carbons (Fsp3) is 0.300. The van der Waals surface area contributed by atoms with E-state index in [2.05, 4.69) is 0 Å². The van der Waals surface area contributed by atoms with Crippen LogP contribution in [0.25, 0.3) is 0 Å². The van der Waals surface area contributed by atoms with Crippen LogP contribution in [0, 0.1) is 0 Å². The number of aliphatic carboxylic acids is 1. The number of hydrogen-bond donors (Lipinski definition) is 1. The Labute approximate surface area is 92.3 Å². The standard InChI is InChI=1S/C10H11ClO2S/c11-8(6-10(12)13)7-14-9-4-2-1-3-5-9/h1-5,8H,6-7H2,(H,12,13). The maximum Gasteiger partial charge on any atom is 0.304 e. The number of carbonyl (C=O) groups is 1. The van der Waals surface area contributed by atoms with Crippen molar-refractivity contribution in [1.29, 1.82) is 0 Å². The van der Waals surface area contributed by atoms with Gasteiger partial charge in [-0.3, -0.25) is 4.79 Å². The summed E-state index contributed by atoms with van der Waals surface area (Å²) < 4.78 is 0. The summed E-state index contributed by atoms with van der Waals surface area (Å²) in [7, 11) is 0. The zero-order valence-electron chi connectivity index (χ0n) is 7.52. The van der Waals surface area contributed by atoms with Gasteiger partial charge in [0.25, 0.3) is 0 Å². The largest absolute Gasteiger partial charge is 0.481 e. The summed E-state index contributed by atoms with van der Waals surface area (Å²) in [4.78, 5) is 11.4. The van der Waals surface area contributed by atoms with Gasteiger partial charge in [0.2, 0.25) is 0 Å². The van der Waals surface area contributed by atoms with E-state index in [1.807, 2.05) is 30.3 Å². The molecule has 0 amide bonds. The fourth-order valence-electron chi connectivity index (χ4n) is 0.952. The first kappa shape index (κ1) is 11.4. The van der Waals surface area contributed by atoms with Gasteiger partial charge in [-0.1, -0.05) is 18.2 Å². The smallest absolute Gasteiger partial charge is 0.304 e. The molecule has 4 heteroatoms. The van der Waals surface area contributed by atoms with Crippen LogP contribution in [0.3, 0.4) is 0 Å². The highest BCUT2D eigenvalue weighted by molar-refractivity contribution is 7.99. The lowest BCUT2D eigenvalue weighted by atomic mass is 10.3. The molecule has 1 aromatic carbocycles. The maximum atomic E-state index is 10.3. The molecule has 1 atom stereocenters. The summed E-state index contributed by atoms with van der Waals surface area (Å²) in [6.07, 6.45) is 0.0153. The molecule has 1 unspecified atom stereocenters. The molecule has 0 aliphatic carbocycles. The van der Waals surface area contributed by atoms with E-state index < -0.39 is 5.97 Å². The molecule has 0 saturated carbocycles. The van der Waals surface area contributed by atoms with Gasteiger partial charge in [0.15, 0.2) is 0 Å². The minimum Gasteiger partial charge on any atom is -0.481 e. The van der Waals surface area contributed by atoms with E-state index in [0.29, 0.717) is 5.75 Å². The van der Waals surface area contributed by atoms with Gasteiger partial charge in [-0.05, 0) is 12.1 Å². The van der Waals surface area contributed by atoms with Crippen molar-refractivity contribution in [3.8, 4) is 0 Å². The van der Waals surface area contributed by atoms with Gasteiger partial charge in [-0.2, -0.15) is 0 Å². The van der Waals surface area contributed by atoms with E-state index in [1.54, 1.807) is 11.8 Å². The van der Waals surface area contributed by atoms with E-state index in [9.17, 15) is 4.79 Å². The first-order valence-electron chi connectivity index (χ1n) is 4.22. The van der Waals surface area contributed by atoms with Crippen molar-refractivity contribution in [3.05, 3.63) is 30.3 Å². The topological polar surface area (TPSA) is 37.3 Å². The monoisotopic (exact) mass is 230 g/mol. The molecule has 0 bridgehead atoms. The van der Waals surface area contributed by atoms with Gasteiger partial charge < -0.3 is 5.11 Å². The third-order valence-corrected chi connectivity index (χ3v) is 3.24. The van der Waals surface area contributed by atoms with Crippen molar-refractivity contribution in [2.75, 3.05) is 5.75 Å². The Bertz CT molecular complexity index is 289. The molecule has 0 spiro atoms. The van der Waals surface area contributed by atoms with E-state index in [-0.39, 0.29) is 11.8 Å². The molecule has 0 radical (unpaired) electrons. The molecule has 76 valence electrons. The predicted molar refractivity (Wildman–Crippen MR) is 59.1 cm³/mol. The van der Waals surface area contributed by atoms with Crippen LogP contribution in [0.2, 0.25) is 0 Å². The molecule has 0 saturated heterocycles. The summed E-state index contributed by atoms with van der Waals surface area (Å²) in [6.45, 7) is 0. The van der Waals surface area contributed by atoms with Crippen molar-refractivity contribution in [3.63, 3.8) is 0 Å². The Hall–Kier alpha value is -0.670. The van der Waals surface area contributed by atoms with E-state index in [0.717, 1.165) is 4.90 Å². The third kappa shape index (κ3) is 4.53. The first-order valence-corrected chi connectivity index (χ1v) is 5.64. The molecule has 0 fully saturated rings. The number of benzene rings is 1. The number of rotatable bonds is 5. The van der Waals surface area contributed by atoms with Gasteiger partial charge in [0, 0.05) is 10.6 Å². The minimum absolute atomic E-state index is 0.0153. The summed E-state index contributed by atoms with van der Waals surface area (Å²) in [5.74, 6) is -0.226. The number of carboxylic acid groups (broad SMARTS) is 1. The predicted octanol–water partition coefficient (Wildman–Crippen LogP) is 2.86. The zero-order chi connectivity index (χ0) is 10.4. The van der Waals surface area contributed by atoms with Crippen LogP contribution in [0.1, 0.15) is 6.42 Å². The van der Waals surface area contributed by atoms with Crippen LogP contribution < -0.4 is 0 Å². The highest BCUT2D eigenvalue weighted by Gasteiger charge is 2.09. The third-order valence-electron chi connectivity index (χ3n) is 1.57. The summed E-state index contributed by atoms with van der Waals surface area (Å²) in [5, 5.41) is 8.18. The second kappa shape index (κ2) is 5.94. The van der Waals surface area contributed by atoms with Crippen molar-refractivity contribution in [2.24, 2.45) is 0 Å². The van der Waals surface area contributed by atoms with Gasteiger partial charge >= 0.3 is 5.97 Å². The highest BCUT2D eigenvalue weighted by atomic mass is 35.5. The van der Waals surface area contributed by atoms with Crippen LogP contribution in [-0.2, 0) is 4.79 Å². The van der Waals surface area contributed by atoms with Crippen LogP contribution in [-0.4, -0.2) is 22.2 Å². The Morgan fingerprint density at radius 3 is 2.64 bits per heavy atom. The van der Waals surface area contributed by atoms with Crippen molar-refractivity contribution >= 4 is 29.3 Å². The second-order valence-corrected chi connectivity index (χ2v) is 4.53. The Morgan fingerprint density at radius 2 is 2.07 bits per heavy atom. The maximum absolute atomic E-state index is 10.3. The van der Waals surface area contributed by atoms with Gasteiger partial charge in [-0.15, -0.1) is 23.4 Å². The highest BCUT2D eigenvalue weighted by Crippen LogP contribution is 2.20. The molecule has 0 aliphatic heterocycles. The summed E-state index contributed by atoms with van der Waals surface area (Å²) >= 11 is 7.40. The number of hydrogen-bond acceptors (Lipinski definition) is 2. The van der Waals surface area contributed by atoms with Crippen LogP contribution >= 0.6 is 23.4 Å². The SMILES string of the molecule is O=C(O)CC(Cl)CSc1ccccc1. The zero-order valence-corrected chi connectivity index (χ0v) is 9.09. The van der Waals surface area contributed by atoms with Gasteiger partial charge in [0.05, 0.1) is 11.8 Å². The Kier molecular flexibility index (Phi) is 4.84. The lowest BCUT2D eigenvalue weighted by Crippen LogP contribution is -2.09. The number of alkyl halides is 1. The molecule has 14 heavy (non-hydrogen) atoms. The van der Waals surface area contributed by atoms with E-state index in [1.165, 1.54) is 0 Å². The fourth-order valence-corrected chi connectivity index (χ4v) is 2.11. The summed E-state index contributed by atoms with van der Waals surface area (Å²) in [6, 6.07) is 9.80. The van der Waals surface area contributed by atoms with Crippen molar-refractivity contribution in [1.82, 2.24) is 0 Å². The molecule has 1 rings (SSSR count). The molecule has 1 aromatic rings. The number of thioether (sulfide) groups is 1. The average molecular weight is 231 g/mol. The lowest BCUT2D eigenvalue weighted by molar-refractivity contribution is -0.136. The average Bonchev–Trinajstić information content (AvgIpc) is 2.15. The van der Waals surface area contributed by atoms with Crippen LogP contribution in [0.15, 0.2) is 35.2 Å². The van der Waals surface area contributed by atoms with Crippen molar-refractivity contribution < 1.29 is 9.90 Å². The molecule has 0 heterocycles. The Morgan fingerprint density at radius 1 is 1.43 bits per heavy atom. The molecular formula is C10H11ClO2S. The minimum atomic E-state index is -0.848.